The van der Waals surface area contributed by atoms with E-state index in [2.05, 4.69) is 5.16 Å². The van der Waals surface area contributed by atoms with Gasteiger partial charge in [0.1, 0.15) is 0 Å². The van der Waals surface area contributed by atoms with Gasteiger partial charge < -0.3 is 15.5 Å². The number of carboxylic acid groups (broad SMARTS) is 1. The van der Waals surface area contributed by atoms with Crippen molar-refractivity contribution in [3.8, 4) is 11.1 Å². The lowest BCUT2D eigenvalue weighted by Gasteiger charge is -2.09. The number of benzene rings is 2. The fourth-order valence-corrected chi connectivity index (χ4v) is 1.82. The molecule has 0 fully saturated rings. The standard InChI is InChI=1S/C14H11NO3/c16-14(17)13-8-4-3-7-12(13)11-6-2-1-5-10(11)9-15-18/h1-9,18H,(H,16,17)/p-1/b15-9-. The smallest absolute Gasteiger partial charge is 0.336 e. The number of hydrogen-bond donors (Lipinski definition) is 1. The molecule has 0 atom stereocenters. The molecule has 0 aliphatic carbocycles. The van der Waals surface area contributed by atoms with Gasteiger partial charge in [0.15, 0.2) is 0 Å². The molecule has 0 saturated heterocycles. The zero-order valence-electron chi connectivity index (χ0n) is 9.41. The molecule has 90 valence electrons. The summed E-state index contributed by atoms with van der Waals surface area (Å²) >= 11 is 0. The van der Waals surface area contributed by atoms with E-state index >= 15 is 0 Å². The highest BCUT2D eigenvalue weighted by molar-refractivity contribution is 5.99. The fraction of sp³-hybridized carbons (Fsp3) is 0. The molecule has 0 saturated carbocycles. The van der Waals surface area contributed by atoms with Gasteiger partial charge in [-0.15, -0.1) is 0 Å². The molecule has 4 heteroatoms. The highest BCUT2D eigenvalue weighted by Gasteiger charge is 2.12. The number of aromatic carboxylic acids is 1. The molecule has 0 amide bonds. The van der Waals surface area contributed by atoms with E-state index in [1.165, 1.54) is 12.3 Å². The van der Waals surface area contributed by atoms with Crippen LogP contribution < -0.4 is 0 Å². The average molecular weight is 240 g/mol. The molecule has 0 heterocycles. The van der Waals surface area contributed by atoms with Crippen molar-refractivity contribution in [2.24, 2.45) is 5.16 Å². The normalized spacial score (nSPS) is 10.7. The van der Waals surface area contributed by atoms with Crippen LogP contribution in [0.2, 0.25) is 0 Å². The minimum absolute atomic E-state index is 0.198. The molecule has 1 N–H and O–H groups in total. The van der Waals surface area contributed by atoms with E-state index in [4.69, 9.17) is 5.11 Å². The predicted octanol–water partition coefficient (Wildman–Crippen LogP) is 2.97. The van der Waals surface area contributed by atoms with Gasteiger partial charge in [-0.3, -0.25) is 0 Å². The molecule has 4 nitrogen and oxygen atoms in total. The maximum atomic E-state index is 11.2. The van der Waals surface area contributed by atoms with Gasteiger partial charge >= 0.3 is 5.97 Å². The molecule has 0 aliphatic rings. The van der Waals surface area contributed by atoms with E-state index < -0.39 is 5.97 Å². The maximum absolute atomic E-state index is 11.2. The predicted molar refractivity (Wildman–Crippen MR) is 69.8 cm³/mol. The molecule has 2 aromatic carbocycles. The van der Waals surface area contributed by atoms with Crippen molar-refractivity contribution in [3.63, 3.8) is 0 Å². The van der Waals surface area contributed by atoms with Gasteiger partial charge in [-0.25, -0.2) is 4.79 Å². The van der Waals surface area contributed by atoms with Gasteiger partial charge in [0.05, 0.1) is 5.56 Å². The molecule has 0 spiro atoms. The monoisotopic (exact) mass is 240 g/mol. The Morgan fingerprint density at radius 1 is 1.06 bits per heavy atom. The summed E-state index contributed by atoms with van der Waals surface area (Å²) in [5, 5.41) is 22.3. The topological polar surface area (TPSA) is 72.7 Å². The van der Waals surface area contributed by atoms with Crippen molar-refractivity contribution in [1.29, 1.82) is 0 Å². The molecule has 2 aromatic rings. The lowest BCUT2D eigenvalue weighted by molar-refractivity contribution is 0.0698. The van der Waals surface area contributed by atoms with Crippen molar-refractivity contribution in [3.05, 3.63) is 64.9 Å². The number of rotatable bonds is 3. The summed E-state index contributed by atoms with van der Waals surface area (Å²) in [6, 6.07) is 13.7. The van der Waals surface area contributed by atoms with Crippen molar-refractivity contribution < 1.29 is 9.90 Å². The molecular formula is C14H10NO3-. The first-order chi connectivity index (χ1) is 8.74. The van der Waals surface area contributed by atoms with Crippen LogP contribution >= 0.6 is 0 Å². The summed E-state index contributed by atoms with van der Waals surface area (Å²) in [5.41, 5.74) is 2.04. The number of carbonyl (C=O) groups is 1. The Balaban J connectivity index is 2.66. The Labute approximate surface area is 104 Å². The zero-order chi connectivity index (χ0) is 13.0. The molecule has 0 bridgehead atoms. The molecule has 0 radical (unpaired) electrons. The summed E-state index contributed by atoms with van der Waals surface area (Å²) in [4.78, 5) is 11.2. The van der Waals surface area contributed by atoms with E-state index in [1.54, 1.807) is 42.5 Å². The molecular weight excluding hydrogens is 230 g/mol. The summed E-state index contributed by atoms with van der Waals surface area (Å²) in [6.45, 7) is 0. The van der Waals surface area contributed by atoms with Crippen molar-refractivity contribution in [2.45, 2.75) is 0 Å². The van der Waals surface area contributed by atoms with Crippen LogP contribution in [0.4, 0.5) is 0 Å². The lowest BCUT2D eigenvalue weighted by atomic mass is 9.96. The van der Waals surface area contributed by atoms with Crippen LogP contribution in [0.15, 0.2) is 53.7 Å². The van der Waals surface area contributed by atoms with Gasteiger partial charge in [0.2, 0.25) is 0 Å². The van der Waals surface area contributed by atoms with Crippen molar-refractivity contribution in [1.82, 2.24) is 0 Å². The second kappa shape index (κ2) is 5.14. The second-order valence-electron chi connectivity index (χ2n) is 3.67. The van der Waals surface area contributed by atoms with Gasteiger partial charge in [-0.2, -0.15) is 0 Å². The SMILES string of the molecule is O=C(O)c1ccccc1-c1ccccc1/C=N\[O-]. The van der Waals surface area contributed by atoms with Crippen LogP contribution in [0.3, 0.4) is 0 Å². The Morgan fingerprint density at radius 3 is 2.33 bits per heavy atom. The van der Waals surface area contributed by atoms with E-state index in [0.717, 1.165) is 0 Å². The second-order valence-corrected chi connectivity index (χ2v) is 3.67. The summed E-state index contributed by atoms with van der Waals surface area (Å²) < 4.78 is 0. The average Bonchev–Trinajstić information content (AvgIpc) is 2.40. The van der Waals surface area contributed by atoms with E-state index in [-0.39, 0.29) is 5.56 Å². The van der Waals surface area contributed by atoms with E-state index in [1.807, 2.05) is 0 Å². The third-order valence-corrected chi connectivity index (χ3v) is 2.60. The highest BCUT2D eigenvalue weighted by Crippen LogP contribution is 2.26. The number of nitrogens with zero attached hydrogens (tertiary/aromatic N) is 1. The molecule has 0 aliphatic heterocycles. The largest absolute Gasteiger partial charge is 0.792 e. The highest BCUT2D eigenvalue weighted by atomic mass is 16.4. The molecule has 0 unspecified atom stereocenters. The first-order valence-electron chi connectivity index (χ1n) is 5.31. The van der Waals surface area contributed by atoms with Crippen LogP contribution in [0.1, 0.15) is 15.9 Å². The molecule has 18 heavy (non-hydrogen) atoms. The Morgan fingerprint density at radius 2 is 1.67 bits per heavy atom. The first-order valence-corrected chi connectivity index (χ1v) is 5.31. The van der Waals surface area contributed by atoms with Gasteiger partial charge in [-0.1, -0.05) is 42.5 Å². The number of carboxylic acids is 1. The third kappa shape index (κ3) is 2.22. The minimum Gasteiger partial charge on any atom is -0.792 e. The van der Waals surface area contributed by atoms with Crippen LogP contribution in [0.25, 0.3) is 11.1 Å². The van der Waals surface area contributed by atoms with Gasteiger partial charge in [0, 0.05) is 6.21 Å². The summed E-state index contributed by atoms with van der Waals surface area (Å²) in [5.74, 6) is -1.00. The number of hydrogen-bond acceptors (Lipinski definition) is 3. The molecule has 2 rings (SSSR count). The van der Waals surface area contributed by atoms with Crippen LogP contribution in [-0.2, 0) is 0 Å². The van der Waals surface area contributed by atoms with E-state index in [0.29, 0.717) is 16.7 Å². The lowest BCUT2D eigenvalue weighted by Crippen LogP contribution is -2.00. The fourth-order valence-electron chi connectivity index (χ4n) is 1.82. The van der Waals surface area contributed by atoms with Crippen molar-refractivity contribution >= 4 is 12.2 Å². The summed E-state index contributed by atoms with van der Waals surface area (Å²) in [6.07, 6.45) is 1.17. The van der Waals surface area contributed by atoms with Gasteiger partial charge in [-0.05, 0) is 22.8 Å². The molecule has 0 aromatic heterocycles. The third-order valence-electron chi connectivity index (χ3n) is 2.60. The maximum Gasteiger partial charge on any atom is 0.336 e. The van der Waals surface area contributed by atoms with Crippen LogP contribution in [0, 0.1) is 5.21 Å². The zero-order valence-corrected chi connectivity index (χ0v) is 9.41. The summed E-state index contributed by atoms with van der Waals surface area (Å²) in [7, 11) is 0. The van der Waals surface area contributed by atoms with Crippen LogP contribution in [-0.4, -0.2) is 17.3 Å². The van der Waals surface area contributed by atoms with Gasteiger partial charge in [0.25, 0.3) is 0 Å². The minimum atomic E-state index is -1.00. The Hall–Kier alpha value is -2.62. The quantitative estimate of drug-likeness (QED) is 0.662. The van der Waals surface area contributed by atoms with E-state index in [9.17, 15) is 10.0 Å². The Kier molecular flexibility index (Phi) is 3.38. The first kappa shape index (κ1) is 11.9. The Bertz CT molecular complexity index is 605. The van der Waals surface area contributed by atoms with Crippen molar-refractivity contribution in [2.75, 3.05) is 0 Å². The van der Waals surface area contributed by atoms with Crippen LogP contribution in [0.5, 0.6) is 0 Å².